The fourth-order valence-corrected chi connectivity index (χ4v) is 2.34. The minimum absolute atomic E-state index is 0.743. The average Bonchev–Trinajstić information content (AvgIpc) is 2.91. The van der Waals surface area contributed by atoms with Crippen molar-refractivity contribution in [3.05, 3.63) is 6.20 Å². The highest BCUT2D eigenvalue weighted by Crippen LogP contribution is 2.34. The molecule has 0 bridgehead atoms. The van der Waals surface area contributed by atoms with Crippen molar-refractivity contribution in [2.24, 2.45) is 0 Å². The third-order valence-electron chi connectivity index (χ3n) is 2.50. The van der Waals surface area contributed by atoms with Crippen LogP contribution in [0.15, 0.2) is 6.20 Å². The summed E-state index contributed by atoms with van der Waals surface area (Å²) >= 11 is 1.61. The van der Waals surface area contributed by atoms with Gasteiger partial charge in [-0.15, -0.1) is 0 Å². The molecule has 2 rings (SSSR count). The molecule has 2 N–H and O–H groups in total. The van der Waals surface area contributed by atoms with Crippen LogP contribution in [0.4, 0.5) is 10.1 Å². The SMILES string of the molecule is CCCCN(c1ncc(N)s1)C1CC1. The molecule has 3 nitrogen and oxygen atoms in total. The Hall–Kier alpha value is -0.770. The van der Waals surface area contributed by atoms with Crippen molar-refractivity contribution in [1.29, 1.82) is 0 Å². The van der Waals surface area contributed by atoms with Crippen molar-refractivity contribution in [1.82, 2.24) is 4.98 Å². The molecule has 14 heavy (non-hydrogen) atoms. The molecule has 0 saturated heterocycles. The highest BCUT2D eigenvalue weighted by molar-refractivity contribution is 7.19. The van der Waals surface area contributed by atoms with E-state index in [1.54, 1.807) is 17.5 Å². The number of nitrogens with zero attached hydrogens (tertiary/aromatic N) is 2. The van der Waals surface area contributed by atoms with E-state index in [9.17, 15) is 0 Å². The van der Waals surface area contributed by atoms with Crippen LogP contribution in [-0.2, 0) is 0 Å². The van der Waals surface area contributed by atoms with Crippen LogP contribution in [0.5, 0.6) is 0 Å². The number of aromatic nitrogens is 1. The number of anilines is 2. The second kappa shape index (κ2) is 4.17. The van der Waals surface area contributed by atoms with E-state index in [4.69, 9.17) is 5.73 Å². The molecule has 1 aliphatic carbocycles. The molecule has 1 fully saturated rings. The van der Waals surface area contributed by atoms with E-state index in [0.29, 0.717) is 0 Å². The Balaban J connectivity index is 2.02. The zero-order valence-corrected chi connectivity index (χ0v) is 9.39. The summed E-state index contributed by atoms with van der Waals surface area (Å²) in [6.07, 6.45) is 6.90. The zero-order valence-electron chi connectivity index (χ0n) is 8.57. The molecule has 0 radical (unpaired) electrons. The number of unbranched alkanes of at least 4 members (excludes halogenated alkanes) is 1. The molecule has 1 aromatic heterocycles. The second-order valence-electron chi connectivity index (χ2n) is 3.82. The predicted molar refractivity (Wildman–Crippen MR) is 61.8 cm³/mol. The quantitative estimate of drug-likeness (QED) is 0.813. The van der Waals surface area contributed by atoms with Gasteiger partial charge in [0.25, 0.3) is 0 Å². The lowest BCUT2D eigenvalue weighted by atomic mass is 10.3. The van der Waals surface area contributed by atoms with E-state index in [1.807, 2.05) is 0 Å². The van der Waals surface area contributed by atoms with Gasteiger partial charge in [-0.25, -0.2) is 4.98 Å². The molecule has 1 saturated carbocycles. The van der Waals surface area contributed by atoms with Crippen LogP contribution in [0.2, 0.25) is 0 Å². The lowest BCUT2D eigenvalue weighted by Crippen LogP contribution is -2.26. The molecule has 78 valence electrons. The number of nitrogens with two attached hydrogens (primary N) is 1. The Morgan fingerprint density at radius 3 is 2.93 bits per heavy atom. The van der Waals surface area contributed by atoms with Gasteiger partial charge >= 0.3 is 0 Å². The molecule has 0 amide bonds. The van der Waals surface area contributed by atoms with Gasteiger partial charge in [0.15, 0.2) is 5.13 Å². The third kappa shape index (κ3) is 2.18. The van der Waals surface area contributed by atoms with Crippen LogP contribution >= 0.6 is 11.3 Å². The molecular formula is C10H17N3S. The van der Waals surface area contributed by atoms with Crippen molar-refractivity contribution < 1.29 is 0 Å². The monoisotopic (exact) mass is 211 g/mol. The molecule has 0 aliphatic heterocycles. The van der Waals surface area contributed by atoms with E-state index >= 15 is 0 Å². The normalized spacial score (nSPS) is 15.8. The molecule has 0 spiro atoms. The summed E-state index contributed by atoms with van der Waals surface area (Å²) < 4.78 is 0. The number of rotatable bonds is 5. The maximum atomic E-state index is 5.69. The Morgan fingerprint density at radius 2 is 2.43 bits per heavy atom. The number of hydrogen-bond donors (Lipinski definition) is 1. The van der Waals surface area contributed by atoms with Crippen LogP contribution in [-0.4, -0.2) is 17.6 Å². The fraction of sp³-hybridized carbons (Fsp3) is 0.700. The Bertz CT molecular complexity index is 293. The topological polar surface area (TPSA) is 42.2 Å². The van der Waals surface area contributed by atoms with E-state index in [-0.39, 0.29) is 0 Å². The van der Waals surface area contributed by atoms with Crippen LogP contribution in [0, 0.1) is 0 Å². The molecule has 0 unspecified atom stereocenters. The maximum Gasteiger partial charge on any atom is 0.187 e. The lowest BCUT2D eigenvalue weighted by Gasteiger charge is -2.20. The van der Waals surface area contributed by atoms with Crippen molar-refractivity contribution in [2.75, 3.05) is 17.2 Å². The largest absolute Gasteiger partial charge is 0.389 e. The van der Waals surface area contributed by atoms with Gasteiger partial charge in [0.1, 0.15) is 5.00 Å². The van der Waals surface area contributed by atoms with Gasteiger partial charge in [0.2, 0.25) is 0 Å². The Labute approximate surface area is 88.9 Å². The predicted octanol–water partition coefficient (Wildman–Crippen LogP) is 2.49. The molecule has 1 aliphatic rings. The third-order valence-corrected chi connectivity index (χ3v) is 3.36. The first-order chi connectivity index (χ1) is 6.81. The minimum atomic E-state index is 0.743. The molecule has 0 aromatic carbocycles. The van der Waals surface area contributed by atoms with Gasteiger partial charge in [-0.05, 0) is 19.3 Å². The van der Waals surface area contributed by atoms with Crippen LogP contribution in [0.3, 0.4) is 0 Å². The van der Waals surface area contributed by atoms with E-state index in [0.717, 1.165) is 22.7 Å². The van der Waals surface area contributed by atoms with Crippen molar-refractivity contribution in [3.63, 3.8) is 0 Å². The van der Waals surface area contributed by atoms with Crippen molar-refractivity contribution in [2.45, 2.75) is 38.6 Å². The number of nitrogen functional groups attached to an aromatic ring is 1. The molecule has 1 heterocycles. The van der Waals surface area contributed by atoms with Crippen LogP contribution in [0.1, 0.15) is 32.6 Å². The highest BCUT2D eigenvalue weighted by Gasteiger charge is 2.30. The first kappa shape index (κ1) is 9.77. The summed E-state index contributed by atoms with van der Waals surface area (Å²) in [5, 5.41) is 1.93. The molecule has 0 atom stereocenters. The van der Waals surface area contributed by atoms with Gasteiger partial charge in [0, 0.05) is 12.6 Å². The van der Waals surface area contributed by atoms with Crippen molar-refractivity contribution in [3.8, 4) is 0 Å². The van der Waals surface area contributed by atoms with Gasteiger partial charge in [-0.3, -0.25) is 0 Å². The summed E-state index contributed by atoms with van der Waals surface area (Å²) in [4.78, 5) is 6.77. The summed E-state index contributed by atoms with van der Waals surface area (Å²) in [6, 6.07) is 0.743. The Kier molecular flexibility index (Phi) is 2.91. The average molecular weight is 211 g/mol. The summed E-state index contributed by atoms with van der Waals surface area (Å²) in [7, 11) is 0. The van der Waals surface area contributed by atoms with Gasteiger partial charge < -0.3 is 10.6 Å². The highest BCUT2D eigenvalue weighted by atomic mass is 32.1. The minimum Gasteiger partial charge on any atom is -0.389 e. The van der Waals surface area contributed by atoms with E-state index in [2.05, 4.69) is 16.8 Å². The zero-order chi connectivity index (χ0) is 9.97. The van der Waals surface area contributed by atoms with Gasteiger partial charge in [0.05, 0.1) is 6.20 Å². The summed E-state index contributed by atoms with van der Waals surface area (Å²) in [5.74, 6) is 0. The van der Waals surface area contributed by atoms with E-state index < -0.39 is 0 Å². The Morgan fingerprint density at radius 1 is 1.64 bits per heavy atom. The smallest absolute Gasteiger partial charge is 0.187 e. The van der Waals surface area contributed by atoms with Crippen molar-refractivity contribution >= 4 is 21.5 Å². The fourth-order valence-electron chi connectivity index (χ4n) is 1.56. The van der Waals surface area contributed by atoms with Crippen LogP contribution < -0.4 is 10.6 Å². The first-order valence-corrected chi connectivity index (χ1v) is 6.11. The standard InChI is InChI=1S/C10H17N3S/c1-2-3-6-13(8-4-5-8)10-12-7-9(11)14-10/h7-8H,2-6,11H2,1H3. The molecule has 4 heteroatoms. The maximum absolute atomic E-state index is 5.69. The summed E-state index contributed by atoms with van der Waals surface area (Å²) in [6.45, 7) is 3.36. The number of hydrogen-bond acceptors (Lipinski definition) is 4. The van der Waals surface area contributed by atoms with Crippen LogP contribution in [0.25, 0.3) is 0 Å². The lowest BCUT2D eigenvalue weighted by molar-refractivity contribution is 0.711. The molecule has 1 aromatic rings. The second-order valence-corrected chi connectivity index (χ2v) is 4.86. The number of thiazole rings is 1. The summed E-state index contributed by atoms with van der Waals surface area (Å²) in [5.41, 5.74) is 5.69. The van der Waals surface area contributed by atoms with Gasteiger partial charge in [-0.2, -0.15) is 0 Å². The van der Waals surface area contributed by atoms with Gasteiger partial charge in [-0.1, -0.05) is 24.7 Å². The van der Waals surface area contributed by atoms with E-state index in [1.165, 1.54) is 25.7 Å². The first-order valence-electron chi connectivity index (χ1n) is 5.29. The molecular weight excluding hydrogens is 194 g/mol.